The molecule has 0 spiro atoms. The molecule has 1 aliphatic heterocycles. The molecule has 0 aliphatic carbocycles. The van der Waals surface area contributed by atoms with Crippen molar-refractivity contribution in [2.45, 2.75) is 64.7 Å². The SMILES string of the molecule is CCCCCCCCC(=O)N1CCC(CNC)CC1. The summed E-state index contributed by atoms with van der Waals surface area (Å²) in [5.74, 6) is 1.15. The molecule has 0 radical (unpaired) electrons. The predicted molar refractivity (Wildman–Crippen MR) is 81.2 cm³/mol. The zero-order chi connectivity index (χ0) is 13.9. The summed E-state index contributed by atoms with van der Waals surface area (Å²) in [7, 11) is 2.01. The first kappa shape index (κ1) is 16.5. The van der Waals surface area contributed by atoms with Gasteiger partial charge in [-0.15, -0.1) is 0 Å². The van der Waals surface area contributed by atoms with Gasteiger partial charge in [0.05, 0.1) is 0 Å². The van der Waals surface area contributed by atoms with Crippen LogP contribution in [0.2, 0.25) is 0 Å². The molecule has 0 bridgehead atoms. The third kappa shape index (κ3) is 6.95. The van der Waals surface area contributed by atoms with E-state index in [9.17, 15) is 4.79 Å². The Balaban J connectivity index is 2.04. The molecule has 1 saturated heterocycles. The molecule has 0 atom stereocenters. The topological polar surface area (TPSA) is 32.3 Å². The van der Waals surface area contributed by atoms with Gasteiger partial charge >= 0.3 is 0 Å². The molecule has 0 aromatic heterocycles. The second kappa shape index (κ2) is 10.2. The van der Waals surface area contributed by atoms with Crippen molar-refractivity contribution in [3.8, 4) is 0 Å². The number of unbranched alkanes of at least 4 members (excludes halogenated alkanes) is 5. The highest BCUT2D eigenvalue weighted by molar-refractivity contribution is 5.76. The van der Waals surface area contributed by atoms with Crippen molar-refractivity contribution in [3.05, 3.63) is 0 Å². The second-order valence-electron chi connectivity index (χ2n) is 5.90. The van der Waals surface area contributed by atoms with Crippen LogP contribution in [0.15, 0.2) is 0 Å². The van der Waals surface area contributed by atoms with E-state index >= 15 is 0 Å². The molecule has 1 aliphatic rings. The summed E-state index contributed by atoms with van der Waals surface area (Å²) in [5, 5.41) is 3.24. The number of rotatable bonds is 9. The molecule has 0 unspecified atom stereocenters. The largest absolute Gasteiger partial charge is 0.343 e. The van der Waals surface area contributed by atoms with Crippen molar-refractivity contribution >= 4 is 5.91 Å². The van der Waals surface area contributed by atoms with E-state index in [4.69, 9.17) is 0 Å². The number of likely N-dealkylation sites (tertiary alicyclic amines) is 1. The Morgan fingerprint density at radius 3 is 2.37 bits per heavy atom. The molecule has 3 nitrogen and oxygen atoms in total. The fourth-order valence-corrected chi connectivity index (χ4v) is 2.89. The summed E-state index contributed by atoms with van der Waals surface area (Å²) in [6.45, 7) is 5.28. The first-order chi connectivity index (χ1) is 9.27. The molecule has 1 rings (SSSR count). The van der Waals surface area contributed by atoms with Gasteiger partial charge in [0.25, 0.3) is 0 Å². The Bertz CT molecular complexity index is 235. The van der Waals surface area contributed by atoms with Crippen LogP contribution in [0.25, 0.3) is 0 Å². The third-order valence-corrected chi connectivity index (χ3v) is 4.20. The molecule has 1 heterocycles. The van der Waals surface area contributed by atoms with Crippen LogP contribution in [0.1, 0.15) is 64.7 Å². The third-order valence-electron chi connectivity index (χ3n) is 4.20. The molecule has 0 saturated carbocycles. The smallest absolute Gasteiger partial charge is 0.222 e. The fourth-order valence-electron chi connectivity index (χ4n) is 2.89. The lowest BCUT2D eigenvalue weighted by Crippen LogP contribution is -2.40. The quantitative estimate of drug-likeness (QED) is 0.651. The van der Waals surface area contributed by atoms with Crippen LogP contribution in [0.4, 0.5) is 0 Å². The van der Waals surface area contributed by atoms with Gasteiger partial charge in [0.2, 0.25) is 5.91 Å². The van der Waals surface area contributed by atoms with Gasteiger partial charge in [-0.2, -0.15) is 0 Å². The van der Waals surface area contributed by atoms with Gasteiger partial charge in [0.1, 0.15) is 0 Å². The Kier molecular flexibility index (Phi) is 8.89. The molecule has 0 aromatic rings. The Morgan fingerprint density at radius 2 is 1.74 bits per heavy atom. The van der Waals surface area contributed by atoms with E-state index in [0.29, 0.717) is 5.91 Å². The van der Waals surface area contributed by atoms with Gasteiger partial charge in [-0.3, -0.25) is 4.79 Å². The molecule has 1 amide bonds. The standard InChI is InChI=1S/C16H32N2O/c1-3-4-5-6-7-8-9-16(19)18-12-10-15(11-13-18)14-17-2/h15,17H,3-14H2,1-2H3. The van der Waals surface area contributed by atoms with Crippen LogP contribution >= 0.6 is 0 Å². The predicted octanol–water partition coefficient (Wildman–Crippen LogP) is 3.20. The highest BCUT2D eigenvalue weighted by Crippen LogP contribution is 2.17. The van der Waals surface area contributed by atoms with Crippen molar-refractivity contribution in [1.82, 2.24) is 10.2 Å². The number of nitrogens with zero attached hydrogens (tertiary/aromatic N) is 1. The van der Waals surface area contributed by atoms with Crippen LogP contribution in [-0.2, 0) is 4.79 Å². The van der Waals surface area contributed by atoms with E-state index in [1.165, 1.54) is 44.9 Å². The normalized spacial score (nSPS) is 16.8. The maximum absolute atomic E-state index is 12.1. The molecular formula is C16H32N2O. The van der Waals surface area contributed by atoms with Gasteiger partial charge in [-0.1, -0.05) is 39.0 Å². The van der Waals surface area contributed by atoms with Crippen LogP contribution in [-0.4, -0.2) is 37.5 Å². The number of hydrogen-bond acceptors (Lipinski definition) is 2. The number of hydrogen-bond donors (Lipinski definition) is 1. The second-order valence-corrected chi connectivity index (χ2v) is 5.90. The van der Waals surface area contributed by atoms with Gasteiger partial charge < -0.3 is 10.2 Å². The number of nitrogens with one attached hydrogen (secondary N) is 1. The molecule has 19 heavy (non-hydrogen) atoms. The average molecular weight is 268 g/mol. The van der Waals surface area contributed by atoms with Crippen LogP contribution < -0.4 is 5.32 Å². The van der Waals surface area contributed by atoms with Gasteiger partial charge in [-0.25, -0.2) is 0 Å². The van der Waals surface area contributed by atoms with Crippen molar-refractivity contribution < 1.29 is 4.79 Å². The van der Waals surface area contributed by atoms with Crippen LogP contribution in [0.5, 0.6) is 0 Å². The maximum atomic E-state index is 12.1. The monoisotopic (exact) mass is 268 g/mol. The van der Waals surface area contributed by atoms with Crippen molar-refractivity contribution in [2.24, 2.45) is 5.92 Å². The average Bonchev–Trinajstić information content (AvgIpc) is 2.43. The minimum atomic E-state index is 0.387. The first-order valence-corrected chi connectivity index (χ1v) is 8.20. The summed E-state index contributed by atoms with van der Waals surface area (Å²) in [6.07, 6.45) is 10.7. The Hall–Kier alpha value is -0.570. The lowest BCUT2D eigenvalue weighted by Gasteiger charge is -2.32. The highest BCUT2D eigenvalue weighted by Gasteiger charge is 2.21. The van der Waals surface area contributed by atoms with Gasteiger partial charge in [0.15, 0.2) is 0 Å². The van der Waals surface area contributed by atoms with Gasteiger partial charge in [0, 0.05) is 19.5 Å². The van der Waals surface area contributed by atoms with E-state index in [2.05, 4.69) is 17.1 Å². The number of amides is 1. The lowest BCUT2D eigenvalue weighted by atomic mass is 9.96. The minimum absolute atomic E-state index is 0.387. The van der Waals surface area contributed by atoms with E-state index in [1.807, 2.05) is 7.05 Å². The van der Waals surface area contributed by atoms with E-state index < -0.39 is 0 Å². The van der Waals surface area contributed by atoms with Crippen LogP contribution in [0, 0.1) is 5.92 Å². The number of carbonyl (C=O) groups excluding carboxylic acids is 1. The van der Waals surface area contributed by atoms with E-state index in [-0.39, 0.29) is 0 Å². The minimum Gasteiger partial charge on any atom is -0.343 e. The summed E-state index contributed by atoms with van der Waals surface area (Å²) in [6, 6.07) is 0. The Labute approximate surface area is 119 Å². The van der Waals surface area contributed by atoms with Gasteiger partial charge in [-0.05, 0) is 38.8 Å². The zero-order valence-corrected chi connectivity index (χ0v) is 12.9. The summed E-state index contributed by atoms with van der Waals surface area (Å²) < 4.78 is 0. The van der Waals surface area contributed by atoms with Crippen molar-refractivity contribution in [1.29, 1.82) is 0 Å². The number of carbonyl (C=O) groups is 1. The highest BCUT2D eigenvalue weighted by atomic mass is 16.2. The lowest BCUT2D eigenvalue weighted by molar-refractivity contribution is -0.132. The van der Waals surface area contributed by atoms with Crippen LogP contribution in [0.3, 0.4) is 0 Å². The molecular weight excluding hydrogens is 236 g/mol. The fraction of sp³-hybridized carbons (Fsp3) is 0.938. The van der Waals surface area contributed by atoms with Crippen molar-refractivity contribution in [3.63, 3.8) is 0 Å². The summed E-state index contributed by atoms with van der Waals surface area (Å²) in [5.41, 5.74) is 0. The van der Waals surface area contributed by atoms with E-state index in [1.54, 1.807) is 0 Å². The molecule has 1 fully saturated rings. The maximum Gasteiger partial charge on any atom is 0.222 e. The molecule has 1 N–H and O–H groups in total. The number of piperidine rings is 1. The summed E-state index contributed by atoms with van der Waals surface area (Å²) >= 11 is 0. The first-order valence-electron chi connectivity index (χ1n) is 8.20. The zero-order valence-electron chi connectivity index (χ0n) is 12.9. The van der Waals surface area contributed by atoms with Crippen molar-refractivity contribution in [2.75, 3.05) is 26.7 Å². The van der Waals surface area contributed by atoms with E-state index in [0.717, 1.165) is 38.4 Å². The molecule has 0 aromatic carbocycles. The summed E-state index contributed by atoms with van der Waals surface area (Å²) in [4.78, 5) is 14.1. The molecule has 3 heteroatoms. The molecule has 112 valence electrons. The Morgan fingerprint density at radius 1 is 1.11 bits per heavy atom.